The summed E-state index contributed by atoms with van der Waals surface area (Å²) < 4.78 is 28.3. The Morgan fingerprint density at radius 2 is 1.84 bits per heavy atom. The predicted molar refractivity (Wildman–Crippen MR) is 168 cm³/mol. The van der Waals surface area contributed by atoms with Gasteiger partial charge in [0.05, 0.1) is 10.9 Å². The highest BCUT2D eigenvalue weighted by Crippen LogP contribution is 2.25. The van der Waals surface area contributed by atoms with Crippen molar-refractivity contribution >= 4 is 56.8 Å². The van der Waals surface area contributed by atoms with Gasteiger partial charge in [0.15, 0.2) is 0 Å². The monoisotopic (exact) mass is 647 g/mol. The maximum Gasteiger partial charge on any atom is 0.253 e. The summed E-state index contributed by atoms with van der Waals surface area (Å²) in [5, 5.41) is 1.04. The number of likely N-dealkylation sites (N-methyl/N-ethyl adjacent to an activating group) is 1. The molecule has 0 bridgehead atoms. The van der Waals surface area contributed by atoms with Crippen molar-refractivity contribution in [1.82, 2.24) is 24.3 Å². The molecule has 1 N–H and O–H groups in total. The Hall–Kier alpha value is -2.77. The Kier molecular flexibility index (Phi) is 10.2. The van der Waals surface area contributed by atoms with Gasteiger partial charge in [-0.2, -0.15) is 4.72 Å². The summed E-state index contributed by atoms with van der Waals surface area (Å²) in [7, 11) is -2.01. The molecular weight excluding hydrogens is 610 g/mol. The molecular formula is C30H38ClN5O5S2. The lowest BCUT2D eigenvalue weighted by atomic mass is 10.1. The van der Waals surface area contributed by atoms with Crippen LogP contribution in [-0.2, 0) is 19.6 Å². The van der Waals surface area contributed by atoms with E-state index < -0.39 is 16.1 Å². The molecule has 3 unspecified atom stereocenters. The SMILES string of the molecule is CN(C(=O)c1ccccc1)C1CCN(CC2CCCN2C(=O)CN2CCCC(NS(=O)(=O)/C=C/c3ccc(Cl)s3)C2=O)C1. The van der Waals surface area contributed by atoms with Crippen molar-refractivity contribution in [1.29, 1.82) is 0 Å². The van der Waals surface area contributed by atoms with Gasteiger partial charge in [0.2, 0.25) is 21.8 Å². The van der Waals surface area contributed by atoms with Gasteiger partial charge in [-0.25, -0.2) is 8.42 Å². The number of likely N-dealkylation sites (tertiary alicyclic amines) is 3. The fourth-order valence-electron chi connectivity index (χ4n) is 6.17. The number of nitrogens with zero attached hydrogens (tertiary/aromatic N) is 4. The zero-order chi connectivity index (χ0) is 30.6. The average molecular weight is 648 g/mol. The second kappa shape index (κ2) is 13.9. The van der Waals surface area contributed by atoms with Gasteiger partial charge in [0.25, 0.3) is 5.91 Å². The van der Waals surface area contributed by atoms with Gasteiger partial charge in [0, 0.05) is 67.7 Å². The van der Waals surface area contributed by atoms with Gasteiger partial charge in [-0.1, -0.05) is 29.8 Å². The summed E-state index contributed by atoms with van der Waals surface area (Å²) in [6.07, 6.45) is 5.10. The molecule has 3 aliphatic heterocycles. The summed E-state index contributed by atoms with van der Waals surface area (Å²) >= 11 is 7.17. The molecule has 3 amide bonds. The molecule has 232 valence electrons. The third-order valence-electron chi connectivity index (χ3n) is 8.47. The normalized spacial score (nSPS) is 23.4. The Morgan fingerprint density at radius 1 is 1.07 bits per heavy atom. The molecule has 0 radical (unpaired) electrons. The summed E-state index contributed by atoms with van der Waals surface area (Å²) in [6, 6.07) is 12.0. The van der Waals surface area contributed by atoms with Gasteiger partial charge in [-0.05, 0) is 62.4 Å². The second-order valence-electron chi connectivity index (χ2n) is 11.4. The first-order valence-electron chi connectivity index (χ1n) is 14.7. The van der Waals surface area contributed by atoms with Crippen molar-refractivity contribution in [3.63, 3.8) is 0 Å². The first-order valence-corrected chi connectivity index (χ1v) is 17.4. The molecule has 43 heavy (non-hydrogen) atoms. The third kappa shape index (κ3) is 8.04. The molecule has 0 saturated carbocycles. The smallest absolute Gasteiger partial charge is 0.253 e. The van der Waals surface area contributed by atoms with E-state index in [1.165, 1.54) is 22.3 Å². The van der Waals surface area contributed by atoms with Crippen molar-refractivity contribution in [3.05, 3.63) is 62.6 Å². The van der Waals surface area contributed by atoms with Crippen molar-refractivity contribution in [2.45, 2.75) is 50.2 Å². The number of halogens is 1. The lowest BCUT2D eigenvalue weighted by Gasteiger charge is -2.34. The largest absolute Gasteiger partial charge is 0.337 e. The van der Waals surface area contributed by atoms with Crippen molar-refractivity contribution in [2.24, 2.45) is 0 Å². The zero-order valence-corrected chi connectivity index (χ0v) is 26.6. The van der Waals surface area contributed by atoms with Gasteiger partial charge in [-0.3, -0.25) is 19.3 Å². The fraction of sp³-hybridized carbons (Fsp3) is 0.500. The Morgan fingerprint density at radius 3 is 2.58 bits per heavy atom. The van der Waals surface area contributed by atoms with Crippen LogP contribution in [0.4, 0.5) is 0 Å². The molecule has 1 aromatic carbocycles. The number of benzene rings is 1. The first-order chi connectivity index (χ1) is 20.6. The standard InChI is InChI=1S/C30H38ClN5O5S2/c1-33(29(38)22-7-3-2-4-8-22)23-13-17-34(19-23)20-24-9-5-16-36(24)28(37)21-35-15-6-10-26(30(35)39)32-43(40,41)18-14-25-11-12-27(31)42-25/h2-4,7-8,11-12,14,18,23-24,26,32H,5-6,9-10,13,15-17,19-21H2,1H3/b18-14+. The van der Waals surface area contributed by atoms with Crippen LogP contribution in [0.5, 0.6) is 0 Å². The summed E-state index contributed by atoms with van der Waals surface area (Å²) in [5.74, 6) is -0.471. The highest BCUT2D eigenvalue weighted by Gasteiger charge is 2.37. The minimum absolute atomic E-state index is 0.0142. The quantitative estimate of drug-likeness (QED) is 0.425. The molecule has 0 spiro atoms. The lowest BCUT2D eigenvalue weighted by Crippen LogP contribution is -2.55. The maximum atomic E-state index is 13.4. The van der Waals surface area contributed by atoms with Gasteiger partial charge < -0.3 is 14.7 Å². The van der Waals surface area contributed by atoms with E-state index in [2.05, 4.69) is 9.62 Å². The van der Waals surface area contributed by atoms with Crippen molar-refractivity contribution < 1.29 is 22.8 Å². The van der Waals surface area contributed by atoms with Crippen LogP contribution in [0.2, 0.25) is 4.34 Å². The third-order valence-corrected chi connectivity index (χ3v) is 10.8. The highest BCUT2D eigenvalue weighted by molar-refractivity contribution is 7.92. The van der Waals surface area contributed by atoms with Crippen molar-refractivity contribution in [3.8, 4) is 0 Å². The minimum Gasteiger partial charge on any atom is -0.337 e. The lowest BCUT2D eigenvalue weighted by molar-refractivity contribution is -0.143. The number of thiophene rings is 1. The molecule has 5 rings (SSSR count). The van der Waals surface area contributed by atoms with Crippen LogP contribution in [0.15, 0.2) is 47.9 Å². The number of nitrogens with one attached hydrogen (secondary N) is 1. The molecule has 0 aliphatic carbocycles. The van der Waals surface area contributed by atoms with Crippen LogP contribution in [0.3, 0.4) is 0 Å². The number of piperidine rings is 1. The van der Waals surface area contributed by atoms with Gasteiger partial charge >= 0.3 is 0 Å². The number of sulfonamides is 1. The van der Waals surface area contributed by atoms with E-state index in [1.807, 2.05) is 47.2 Å². The van der Waals surface area contributed by atoms with E-state index in [1.54, 1.807) is 12.1 Å². The predicted octanol–water partition coefficient (Wildman–Crippen LogP) is 3.12. The maximum absolute atomic E-state index is 13.4. The number of rotatable bonds is 10. The summed E-state index contributed by atoms with van der Waals surface area (Å²) in [6.45, 7) is 3.34. The van der Waals surface area contributed by atoms with Crippen LogP contribution in [0, 0.1) is 0 Å². The first kappa shape index (κ1) is 31.6. The van der Waals surface area contributed by atoms with Crippen LogP contribution in [0.1, 0.15) is 47.3 Å². The molecule has 3 fully saturated rings. The molecule has 2 aromatic rings. The topological polar surface area (TPSA) is 110 Å². The molecule has 10 nitrogen and oxygen atoms in total. The summed E-state index contributed by atoms with van der Waals surface area (Å²) in [5.41, 5.74) is 0.679. The van der Waals surface area contributed by atoms with E-state index in [-0.39, 0.29) is 36.3 Å². The van der Waals surface area contributed by atoms with Gasteiger partial charge in [0.1, 0.15) is 6.04 Å². The number of amides is 3. The van der Waals surface area contributed by atoms with Gasteiger partial charge in [-0.15, -0.1) is 11.3 Å². The molecule has 4 heterocycles. The van der Waals surface area contributed by atoms with E-state index in [0.717, 1.165) is 44.3 Å². The van der Waals surface area contributed by atoms with E-state index in [4.69, 9.17) is 11.6 Å². The molecule has 13 heteroatoms. The molecule has 3 aliphatic rings. The minimum atomic E-state index is -3.86. The molecule has 3 atom stereocenters. The number of hydrogen-bond acceptors (Lipinski definition) is 7. The number of hydrogen-bond donors (Lipinski definition) is 1. The highest BCUT2D eigenvalue weighted by atomic mass is 35.5. The van der Waals surface area contributed by atoms with Crippen LogP contribution in [-0.4, -0.2) is 110 Å². The Labute approximate surface area is 262 Å². The van der Waals surface area contributed by atoms with E-state index >= 15 is 0 Å². The zero-order valence-electron chi connectivity index (χ0n) is 24.2. The van der Waals surface area contributed by atoms with E-state index in [0.29, 0.717) is 40.7 Å². The van der Waals surface area contributed by atoms with Crippen molar-refractivity contribution in [2.75, 3.05) is 46.3 Å². The van der Waals surface area contributed by atoms with E-state index in [9.17, 15) is 22.8 Å². The Balaban J connectivity index is 1.12. The van der Waals surface area contributed by atoms with Crippen LogP contribution < -0.4 is 4.72 Å². The Bertz CT molecular complexity index is 1450. The molecule has 1 aromatic heterocycles. The summed E-state index contributed by atoms with van der Waals surface area (Å²) in [4.78, 5) is 47.7. The van der Waals surface area contributed by atoms with Crippen LogP contribution >= 0.6 is 22.9 Å². The van der Waals surface area contributed by atoms with Crippen LogP contribution in [0.25, 0.3) is 6.08 Å². The molecule has 3 saturated heterocycles. The fourth-order valence-corrected chi connectivity index (χ4v) is 8.24. The second-order valence-corrected chi connectivity index (χ2v) is 14.8. The average Bonchev–Trinajstić information content (AvgIpc) is 3.75. The number of carbonyl (C=O) groups excluding carboxylic acids is 3. The number of carbonyl (C=O) groups is 3.